The number of hydrogen-bond acceptors (Lipinski definition) is 2. The Balaban J connectivity index is 1.96. The van der Waals surface area contributed by atoms with Gasteiger partial charge in [0.25, 0.3) is 0 Å². The summed E-state index contributed by atoms with van der Waals surface area (Å²) in [6, 6.07) is 8.75. The Morgan fingerprint density at radius 1 is 1.20 bits per heavy atom. The Morgan fingerprint density at radius 2 is 1.93 bits per heavy atom. The second-order valence-corrected chi connectivity index (χ2v) is 5.51. The highest BCUT2D eigenvalue weighted by molar-refractivity contribution is 7.99. The van der Waals surface area contributed by atoms with Gasteiger partial charge in [-0.2, -0.15) is 11.8 Å². The van der Waals surface area contributed by atoms with E-state index in [0.717, 1.165) is 5.92 Å². The molecule has 1 aliphatic heterocycles. The molecule has 2 N–H and O–H groups in total. The van der Waals surface area contributed by atoms with Crippen molar-refractivity contribution in [2.75, 3.05) is 11.5 Å². The highest BCUT2D eigenvalue weighted by Gasteiger charge is 2.13. The van der Waals surface area contributed by atoms with Crippen molar-refractivity contribution in [3.8, 4) is 0 Å². The van der Waals surface area contributed by atoms with Crippen LogP contribution in [0.1, 0.15) is 24.0 Å². The van der Waals surface area contributed by atoms with Crippen LogP contribution in [0.5, 0.6) is 0 Å². The number of hydrogen-bond donors (Lipinski definition) is 1. The predicted molar refractivity (Wildman–Crippen MR) is 68.1 cm³/mol. The molecule has 2 heteroatoms. The van der Waals surface area contributed by atoms with Gasteiger partial charge in [0.1, 0.15) is 0 Å². The molecule has 1 aromatic rings. The Bertz CT molecular complexity index is 305. The first-order chi connectivity index (χ1) is 7.38. The van der Waals surface area contributed by atoms with Crippen molar-refractivity contribution in [1.82, 2.24) is 0 Å². The molecule has 82 valence electrons. The zero-order chi connectivity index (χ0) is 10.5. The van der Waals surface area contributed by atoms with E-state index in [1.807, 2.05) is 0 Å². The van der Waals surface area contributed by atoms with Crippen molar-refractivity contribution in [1.29, 1.82) is 0 Å². The van der Waals surface area contributed by atoms with Gasteiger partial charge < -0.3 is 5.73 Å². The molecular formula is C13H19NS. The lowest BCUT2D eigenvalue weighted by molar-refractivity contribution is 0.488. The van der Waals surface area contributed by atoms with Gasteiger partial charge in [-0.15, -0.1) is 0 Å². The van der Waals surface area contributed by atoms with E-state index in [4.69, 9.17) is 5.73 Å². The number of nitrogens with two attached hydrogens (primary N) is 1. The molecule has 0 unspecified atom stereocenters. The van der Waals surface area contributed by atoms with Crippen LogP contribution in [0.4, 0.5) is 0 Å². The summed E-state index contributed by atoms with van der Waals surface area (Å²) in [4.78, 5) is 0. The van der Waals surface area contributed by atoms with Crippen molar-refractivity contribution >= 4 is 11.8 Å². The highest BCUT2D eigenvalue weighted by atomic mass is 32.2. The molecule has 0 amide bonds. The molecule has 0 atom stereocenters. The SMILES string of the molecule is NCc1cccc(CC2CCSCC2)c1. The van der Waals surface area contributed by atoms with Gasteiger partial charge in [0.05, 0.1) is 0 Å². The summed E-state index contributed by atoms with van der Waals surface area (Å²) in [6.07, 6.45) is 4.02. The van der Waals surface area contributed by atoms with Crippen molar-refractivity contribution in [3.63, 3.8) is 0 Å². The molecule has 1 nitrogen and oxygen atoms in total. The lowest BCUT2D eigenvalue weighted by Gasteiger charge is -2.21. The van der Waals surface area contributed by atoms with Gasteiger partial charge in [-0.05, 0) is 47.8 Å². The van der Waals surface area contributed by atoms with Crippen LogP contribution in [0.3, 0.4) is 0 Å². The minimum absolute atomic E-state index is 0.661. The summed E-state index contributed by atoms with van der Waals surface area (Å²) in [7, 11) is 0. The lowest BCUT2D eigenvalue weighted by Crippen LogP contribution is -2.12. The molecule has 0 aromatic heterocycles. The maximum absolute atomic E-state index is 5.65. The van der Waals surface area contributed by atoms with Gasteiger partial charge in [-0.25, -0.2) is 0 Å². The second-order valence-electron chi connectivity index (χ2n) is 4.28. The summed E-state index contributed by atoms with van der Waals surface area (Å²) in [5.74, 6) is 3.60. The first-order valence-electron chi connectivity index (χ1n) is 5.74. The van der Waals surface area contributed by atoms with E-state index in [0.29, 0.717) is 6.54 Å². The van der Waals surface area contributed by atoms with Crippen LogP contribution in [0.2, 0.25) is 0 Å². The third-order valence-corrected chi connectivity index (χ3v) is 4.14. The van der Waals surface area contributed by atoms with Gasteiger partial charge in [0.2, 0.25) is 0 Å². The maximum atomic E-state index is 5.65. The zero-order valence-corrected chi connectivity index (χ0v) is 9.93. The fourth-order valence-corrected chi connectivity index (χ4v) is 3.37. The van der Waals surface area contributed by atoms with Crippen molar-refractivity contribution in [3.05, 3.63) is 35.4 Å². The van der Waals surface area contributed by atoms with Gasteiger partial charge in [0.15, 0.2) is 0 Å². The zero-order valence-electron chi connectivity index (χ0n) is 9.11. The van der Waals surface area contributed by atoms with E-state index in [2.05, 4.69) is 36.0 Å². The van der Waals surface area contributed by atoms with Crippen LogP contribution in [-0.4, -0.2) is 11.5 Å². The largest absolute Gasteiger partial charge is 0.326 e. The molecule has 0 spiro atoms. The van der Waals surface area contributed by atoms with Crippen LogP contribution < -0.4 is 5.73 Å². The van der Waals surface area contributed by atoms with E-state index < -0.39 is 0 Å². The van der Waals surface area contributed by atoms with E-state index in [-0.39, 0.29) is 0 Å². The molecule has 2 rings (SSSR count). The fourth-order valence-electron chi connectivity index (χ4n) is 2.17. The van der Waals surface area contributed by atoms with Gasteiger partial charge in [0, 0.05) is 6.54 Å². The Morgan fingerprint density at radius 3 is 2.67 bits per heavy atom. The fraction of sp³-hybridized carbons (Fsp3) is 0.538. The van der Waals surface area contributed by atoms with Crippen LogP contribution in [0.15, 0.2) is 24.3 Å². The van der Waals surface area contributed by atoms with E-state index in [1.54, 1.807) is 0 Å². The summed E-state index contributed by atoms with van der Waals surface area (Å²) >= 11 is 2.10. The molecular weight excluding hydrogens is 202 g/mol. The topological polar surface area (TPSA) is 26.0 Å². The summed E-state index contributed by atoms with van der Waals surface area (Å²) in [5, 5.41) is 0. The molecule has 15 heavy (non-hydrogen) atoms. The third-order valence-electron chi connectivity index (χ3n) is 3.09. The Labute approximate surface area is 96.4 Å². The van der Waals surface area contributed by atoms with Gasteiger partial charge in [-0.3, -0.25) is 0 Å². The molecule has 1 heterocycles. The molecule has 1 saturated heterocycles. The van der Waals surface area contributed by atoms with E-state index in [9.17, 15) is 0 Å². The summed E-state index contributed by atoms with van der Waals surface area (Å²) < 4.78 is 0. The smallest absolute Gasteiger partial charge is 0.0178 e. The molecule has 0 bridgehead atoms. The first-order valence-corrected chi connectivity index (χ1v) is 6.89. The van der Waals surface area contributed by atoms with Gasteiger partial charge in [-0.1, -0.05) is 24.3 Å². The first kappa shape index (κ1) is 11.0. The predicted octanol–water partition coefficient (Wildman–Crippen LogP) is 2.83. The lowest BCUT2D eigenvalue weighted by atomic mass is 9.93. The number of benzene rings is 1. The van der Waals surface area contributed by atoms with Crippen LogP contribution in [0.25, 0.3) is 0 Å². The van der Waals surface area contributed by atoms with Gasteiger partial charge >= 0.3 is 0 Å². The normalized spacial score (nSPS) is 17.9. The van der Waals surface area contributed by atoms with E-state index in [1.165, 1.54) is 41.9 Å². The average molecular weight is 221 g/mol. The average Bonchev–Trinajstić information content (AvgIpc) is 2.31. The highest BCUT2D eigenvalue weighted by Crippen LogP contribution is 2.25. The van der Waals surface area contributed by atoms with Crippen LogP contribution in [-0.2, 0) is 13.0 Å². The molecule has 1 aromatic carbocycles. The Kier molecular flexibility index (Phi) is 4.09. The third kappa shape index (κ3) is 3.25. The summed E-state index contributed by atoms with van der Waals surface area (Å²) in [5.41, 5.74) is 8.38. The number of rotatable bonds is 3. The molecule has 1 aliphatic rings. The second kappa shape index (κ2) is 5.57. The van der Waals surface area contributed by atoms with Crippen LogP contribution in [0, 0.1) is 5.92 Å². The van der Waals surface area contributed by atoms with E-state index >= 15 is 0 Å². The van der Waals surface area contributed by atoms with Crippen molar-refractivity contribution < 1.29 is 0 Å². The Hall–Kier alpha value is -0.470. The minimum Gasteiger partial charge on any atom is -0.326 e. The maximum Gasteiger partial charge on any atom is 0.0178 e. The quantitative estimate of drug-likeness (QED) is 0.849. The van der Waals surface area contributed by atoms with Crippen molar-refractivity contribution in [2.24, 2.45) is 11.7 Å². The molecule has 0 aliphatic carbocycles. The standard InChI is InChI=1S/C13H19NS/c14-10-13-3-1-2-12(9-13)8-11-4-6-15-7-5-11/h1-3,9,11H,4-8,10,14H2. The van der Waals surface area contributed by atoms with Crippen LogP contribution >= 0.6 is 11.8 Å². The minimum atomic E-state index is 0.661. The monoisotopic (exact) mass is 221 g/mol. The molecule has 1 fully saturated rings. The molecule has 0 radical (unpaired) electrons. The number of thioether (sulfide) groups is 1. The molecule has 0 saturated carbocycles. The summed E-state index contributed by atoms with van der Waals surface area (Å²) in [6.45, 7) is 0.661. The van der Waals surface area contributed by atoms with Crippen molar-refractivity contribution in [2.45, 2.75) is 25.8 Å².